The summed E-state index contributed by atoms with van der Waals surface area (Å²) < 4.78 is 5.14. The fourth-order valence-electron chi connectivity index (χ4n) is 3.14. The van der Waals surface area contributed by atoms with E-state index in [1.54, 1.807) is 7.11 Å². The minimum absolute atomic E-state index is 0.0896. The van der Waals surface area contributed by atoms with Crippen LogP contribution in [0.4, 0.5) is 0 Å². The van der Waals surface area contributed by atoms with Crippen LogP contribution >= 0.6 is 0 Å². The van der Waals surface area contributed by atoms with E-state index in [2.05, 4.69) is 34.5 Å². The number of amides is 1. The van der Waals surface area contributed by atoms with E-state index in [4.69, 9.17) is 4.74 Å². The van der Waals surface area contributed by atoms with Crippen LogP contribution in [0.2, 0.25) is 0 Å². The number of nitrogens with zero attached hydrogens (tertiary/aromatic N) is 1. The zero-order chi connectivity index (χ0) is 16.8. The number of nitrogens with one attached hydrogen (secondary N) is 1. The third-order valence-corrected chi connectivity index (χ3v) is 4.41. The van der Waals surface area contributed by atoms with E-state index < -0.39 is 0 Å². The number of methoxy groups -OCH3 is 1. The maximum Gasteiger partial charge on any atom is 0.224 e. The Morgan fingerprint density at radius 2 is 1.88 bits per heavy atom. The van der Waals surface area contributed by atoms with E-state index in [-0.39, 0.29) is 11.9 Å². The van der Waals surface area contributed by atoms with Crippen molar-refractivity contribution in [1.29, 1.82) is 0 Å². The lowest BCUT2D eigenvalue weighted by Crippen LogP contribution is -2.37. The third-order valence-electron chi connectivity index (χ3n) is 4.41. The largest absolute Gasteiger partial charge is 0.497 e. The molecule has 1 amide bonds. The van der Waals surface area contributed by atoms with E-state index in [9.17, 15) is 4.79 Å². The van der Waals surface area contributed by atoms with Gasteiger partial charge in [-0.15, -0.1) is 0 Å². The van der Waals surface area contributed by atoms with Crippen molar-refractivity contribution in [2.75, 3.05) is 20.2 Å². The van der Waals surface area contributed by atoms with Crippen molar-refractivity contribution < 1.29 is 9.53 Å². The van der Waals surface area contributed by atoms with Gasteiger partial charge in [-0.25, -0.2) is 0 Å². The molecule has 1 saturated heterocycles. The summed E-state index contributed by atoms with van der Waals surface area (Å²) in [6.45, 7) is 2.90. The van der Waals surface area contributed by atoms with Crippen molar-refractivity contribution in [1.82, 2.24) is 10.2 Å². The molecule has 0 aromatic heterocycles. The van der Waals surface area contributed by atoms with Crippen LogP contribution in [0, 0.1) is 0 Å². The molecular weight excluding hydrogens is 300 g/mol. The Bertz CT molecular complexity index is 655. The van der Waals surface area contributed by atoms with Crippen molar-refractivity contribution in [3.05, 3.63) is 65.7 Å². The summed E-state index contributed by atoms with van der Waals surface area (Å²) in [7, 11) is 1.64. The number of ether oxygens (including phenoxy) is 1. The van der Waals surface area contributed by atoms with Crippen LogP contribution in [-0.4, -0.2) is 37.0 Å². The number of likely N-dealkylation sites (tertiary alicyclic amines) is 1. The highest BCUT2D eigenvalue weighted by Crippen LogP contribution is 2.15. The van der Waals surface area contributed by atoms with E-state index >= 15 is 0 Å². The van der Waals surface area contributed by atoms with Crippen LogP contribution in [-0.2, 0) is 17.8 Å². The third kappa shape index (κ3) is 4.59. The standard InChI is InChI=1S/C20H24N2O2/c1-24-19-9-7-16(8-10-19)13-20(23)21-18-11-12-22(15-18)14-17-5-3-2-4-6-17/h2-10,18H,11-15H2,1H3,(H,21,23)/t18-/m1/s1. The lowest BCUT2D eigenvalue weighted by molar-refractivity contribution is -0.121. The lowest BCUT2D eigenvalue weighted by Gasteiger charge is -2.17. The van der Waals surface area contributed by atoms with Crippen LogP contribution in [0.5, 0.6) is 5.75 Å². The summed E-state index contributed by atoms with van der Waals surface area (Å²) in [4.78, 5) is 14.6. The number of hydrogen-bond donors (Lipinski definition) is 1. The van der Waals surface area contributed by atoms with Gasteiger partial charge in [0.1, 0.15) is 5.75 Å². The summed E-state index contributed by atoms with van der Waals surface area (Å²) in [5.41, 5.74) is 2.33. The normalized spacial score (nSPS) is 17.6. The highest BCUT2D eigenvalue weighted by molar-refractivity contribution is 5.79. The first-order valence-corrected chi connectivity index (χ1v) is 8.41. The molecule has 126 valence electrons. The molecule has 4 nitrogen and oxygen atoms in total. The second kappa shape index (κ2) is 7.97. The minimum Gasteiger partial charge on any atom is -0.497 e. The summed E-state index contributed by atoms with van der Waals surface area (Å²) in [5, 5.41) is 3.16. The van der Waals surface area contributed by atoms with Crippen molar-refractivity contribution in [3.63, 3.8) is 0 Å². The zero-order valence-corrected chi connectivity index (χ0v) is 14.1. The molecule has 3 rings (SSSR count). The molecule has 1 aliphatic rings. The van der Waals surface area contributed by atoms with Gasteiger partial charge in [0.15, 0.2) is 0 Å². The van der Waals surface area contributed by atoms with Gasteiger partial charge in [-0.1, -0.05) is 42.5 Å². The van der Waals surface area contributed by atoms with Gasteiger partial charge in [-0.3, -0.25) is 9.69 Å². The molecule has 0 bridgehead atoms. The summed E-state index contributed by atoms with van der Waals surface area (Å²) in [5.74, 6) is 0.901. The van der Waals surface area contributed by atoms with Crippen molar-refractivity contribution in [2.24, 2.45) is 0 Å². The number of carbonyl (C=O) groups is 1. The number of rotatable bonds is 6. The molecule has 1 atom stereocenters. The predicted molar refractivity (Wildman–Crippen MR) is 95.0 cm³/mol. The second-order valence-electron chi connectivity index (χ2n) is 6.30. The molecule has 24 heavy (non-hydrogen) atoms. The Morgan fingerprint density at radius 1 is 1.12 bits per heavy atom. The number of carbonyl (C=O) groups excluding carboxylic acids is 1. The maximum absolute atomic E-state index is 12.2. The second-order valence-corrected chi connectivity index (χ2v) is 6.30. The van der Waals surface area contributed by atoms with E-state index in [1.165, 1.54) is 5.56 Å². The molecule has 4 heteroatoms. The number of benzene rings is 2. The zero-order valence-electron chi connectivity index (χ0n) is 14.1. The highest BCUT2D eigenvalue weighted by atomic mass is 16.5. The molecule has 0 unspecified atom stereocenters. The molecule has 1 aliphatic heterocycles. The van der Waals surface area contributed by atoms with Crippen LogP contribution in [0.3, 0.4) is 0 Å². The molecule has 0 spiro atoms. The molecule has 1 fully saturated rings. The van der Waals surface area contributed by atoms with E-state index in [0.717, 1.165) is 37.4 Å². The van der Waals surface area contributed by atoms with Crippen molar-refractivity contribution in [3.8, 4) is 5.75 Å². The quantitative estimate of drug-likeness (QED) is 0.888. The number of hydrogen-bond acceptors (Lipinski definition) is 3. The fraction of sp³-hybridized carbons (Fsp3) is 0.350. The summed E-state index contributed by atoms with van der Waals surface area (Å²) in [6, 6.07) is 18.4. The fourth-order valence-corrected chi connectivity index (χ4v) is 3.14. The lowest BCUT2D eigenvalue weighted by atomic mass is 10.1. The molecule has 1 heterocycles. The van der Waals surface area contributed by atoms with Gasteiger partial charge in [-0.05, 0) is 29.7 Å². The van der Waals surface area contributed by atoms with Crippen LogP contribution in [0.25, 0.3) is 0 Å². The Labute approximate surface area is 143 Å². The molecule has 0 saturated carbocycles. The Kier molecular flexibility index (Phi) is 5.49. The van der Waals surface area contributed by atoms with Gasteiger partial charge in [0, 0.05) is 25.7 Å². The minimum atomic E-state index is 0.0896. The summed E-state index contributed by atoms with van der Waals surface area (Å²) in [6.07, 6.45) is 1.43. The molecule has 2 aromatic rings. The van der Waals surface area contributed by atoms with E-state index in [1.807, 2.05) is 30.3 Å². The average molecular weight is 324 g/mol. The summed E-state index contributed by atoms with van der Waals surface area (Å²) >= 11 is 0. The van der Waals surface area contributed by atoms with Gasteiger partial charge in [0.05, 0.1) is 13.5 Å². The molecule has 2 aromatic carbocycles. The molecule has 1 N–H and O–H groups in total. The predicted octanol–water partition coefficient (Wildman–Crippen LogP) is 2.63. The van der Waals surface area contributed by atoms with Gasteiger partial charge in [-0.2, -0.15) is 0 Å². The van der Waals surface area contributed by atoms with E-state index in [0.29, 0.717) is 6.42 Å². The SMILES string of the molecule is COc1ccc(CC(=O)N[C@@H]2CCN(Cc3ccccc3)C2)cc1. The van der Waals surface area contributed by atoms with Crippen molar-refractivity contribution >= 4 is 5.91 Å². The Balaban J connectivity index is 1.45. The van der Waals surface area contributed by atoms with Gasteiger partial charge < -0.3 is 10.1 Å². The average Bonchev–Trinajstić information content (AvgIpc) is 3.03. The first-order valence-electron chi connectivity index (χ1n) is 8.41. The Hall–Kier alpha value is -2.33. The first-order chi connectivity index (χ1) is 11.7. The van der Waals surface area contributed by atoms with Crippen LogP contribution in [0.15, 0.2) is 54.6 Å². The molecule has 0 radical (unpaired) electrons. The monoisotopic (exact) mass is 324 g/mol. The van der Waals surface area contributed by atoms with Crippen LogP contribution in [0.1, 0.15) is 17.5 Å². The molecular formula is C20H24N2O2. The van der Waals surface area contributed by atoms with Gasteiger partial charge >= 0.3 is 0 Å². The first kappa shape index (κ1) is 16.5. The van der Waals surface area contributed by atoms with Gasteiger partial charge in [0.25, 0.3) is 0 Å². The van der Waals surface area contributed by atoms with Gasteiger partial charge in [0.2, 0.25) is 5.91 Å². The Morgan fingerprint density at radius 3 is 2.58 bits per heavy atom. The maximum atomic E-state index is 12.2. The van der Waals surface area contributed by atoms with Crippen LogP contribution < -0.4 is 10.1 Å². The van der Waals surface area contributed by atoms with Crippen molar-refractivity contribution in [2.45, 2.75) is 25.4 Å². The smallest absolute Gasteiger partial charge is 0.224 e. The highest BCUT2D eigenvalue weighted by Gasteiger charge is 2.23. The molecule has 0 aliphatic carbocycles. The topological polar surface area (TPSA) is 41.6 Å².